The average molecular weight is 394 g/mol. The van der Waals surface area contributed by atoms with Crippen molar-refractivity contribution in [2.45, 2.75) is 29.9 Å². The Hall–Kier alpha value is -1.40. The molecule has 3 atom stereocenters. The number of nitrogens with two attached hydrogens (primary N) is 1. The topological polar surface area (TPSA) is 69.4 Å². The van der Waals surface area contributed by atoms with Crippen molar-refractivity contribution >= 4 is 21.4 Å². The second kappa shape index (κ2) is 7.31. The monoisotopic (exact) mass is 393 g/mol. The molecule has 0 heterocycles. The molecule has 1 saturated carbocycles. The van der Waals surface area contributed by atoms with Crippen LogP contribution in [0, 0.1) is 12.3 Å². The number of aryl methyl sites for hydroxylation is 1. The third kappa shape index (κ3) is 3.29. The molecule has 2 aromatic carbocycles. The standard InChI is InChI=1S/C20H24ClNO3S/c1-3-25-13-20(12-22)18(15-6-4-14(2)5-7-15)19(20)26(23,24)17-10-8-16(21)9-11-17/h4-11,18-19H,3,12-13,22H2,1-2H3. The number of halogens is 1. The molecule has 0 spiro atoms. The summed E-state index contributed by atoms with van der Waals surface area (Å²) in [6.07, 6.45) is 0. The Balaban J connectivity index is 2.03. The number of hydrogen-bond donors (Lipinski definition) is 1. The van der Waals surface area contributed by atoms with Crippen molar-refractivity contribution in [2.75, 3.05) is 19.8 Å². The van der Waals surface area contributed by atoms with Crippen molar-refractivity contribution in [2.24, 2.45) is 11.1 Å². The number of rotatable bonds is 7. The van der Waals surface area contributed by atoms with Crippen molar-refractivity contribution in [1.82, 2.24) is 0 Å². The molecule has 0 aliphatic heterocycles. The molecule has 4 nitrogen and oxygen atoms in total. The summed E-state index contributed by atoms with van der Waals surface area (Å²) in [7, 11) is -3.56. The predicted octanol–water partition coefficient (Wildman–Crippen LogP) is 3.57. The van der Waals surface area contributed by atoms with Gasteiger partial charge in [0.25, 0.3) is 0 Å². The lowest BCUT2D eigenvalue weighted by atomic mass is 9.99. The molecule has 3 unspecified atom stereocenters. The highest BCUT2D eigenvalue weighted by Gasteiger charge is 2.70. The van der Waals surface area contributed by atoms with Crippen LogP contribution in [-0.2, 0) is 14.6 Å². The van der Waals surface area contributed by atoms with Gasteiger partial charge in [0, 0.05) is 29.5 Å². The first-order valence-electron chi connectivity index (χ1n) is 8.70. The molecule has 0 amide bonds. The summed E-state index contributed by atoms with van der Waals surface area (Å²) in [5.41, 5.74) is 7.61. The Morgan fingerprint density at radius 2 is 1.73 bits per heavy atom. The van der Waals surface area contributed by atoms with E-state index in [0.29, 0.717) is 18.2 Å². The maximum atomic E-state index is 13.3. The van der Waals surface area contributed by atoms with Crippen LogP contribution in [-0.4, -0.2) is 33.4 Å². The number of sulfone groups is 1. The Morgan fingerprint density at radius 3 is 2.27 bits per heavy atom. The molecule has 1 aliphatic rings. The van der Waals surface area contributed by atoms with E-state index in [4.69, 9.17) is 22.1 Å². The molecule has 0 radical (unpaired) electrons. The van der Waals surface area contributed by atoms with Gasteiger partial charge >= 0.3 is 0 Å². The van der Waals surface area contributed by atoms with Crippen LogP contribution in [0.3, 0.4) is 0 Å². The van der Waals surface area contributed by atoms with Crippen molar-refractivity contribution < 1.29 is 13.2 Å². The predicted molar refractivity (Wildman–Crippen MR) is 104 cm³/mol. The lowest BCUT2D eigenvalue weighted by molar-refractivity contribution is 0.101. The highest BCUT2D eigenvalue weighted by Crippen LogP contribution is 2.63. The smallest absolute Gasteiger partial charge is 0.182 e. The molecule has 3 rings (SSSR count). The molecule has 0 bridgehead atoms. The Kier molecular flexibility index (Phi) is 5.45. The summed E-state index contributed by atoms with van der Waals surface area (Å²) < 4.78 is 32.3. The van der Waals surface area contributed by atoms with Crippen LogP contribution < -0.4 is 5.73 Å². The minimum absolute atomic E-state index is 0.180. The van der Waals surface area contributed by atoms with E-state index in [2.05, 4.69) is 0 Å². The quantitative estimate of drug-likeness (QED) is 0.780. The summed E-state index contributed by atoms with van der Waals surface area (Å²) in [5, 5.41) is -0.0929. The van der Waals surface area contributed by atoms with Crippen LogP contribution in [0.5, 0.6) is 0 Å². The van der Waals surface area contributed by atoms with Gasteiger partial charge in [0.1, 0.15) is 0 Å². The fourth-order valence-electron chi connectivity index (χ4n) is 3.76. The molecular formula is C20H24ClNO3S. The van der Waals surface area contributed by atoms with Gasteiger partial charge in [0.2, 0.25) is 0 Å². The normalized spacial score (nSPS) is 25.2. The largest absolute Gasteiger partial charge is 0.381 e. The van der Waals surface area contributed by atoms with Gasteiger partial charge in [-0.1, -0.05) is 41.4 Å². The summed E-state index contributed by atoms with van der Waals surface area (Å²) in [5.74, 6) is -0.180. The first kappa shape index (κ1) is 19.4. The summed E-state index contributed by atoms with van der Waals surface area (Å²) in [6.45, 7) is 5.01. The summed E-state index contributed by atoms with van der Waals surface area (Å²) in [6, 6.07) is 14.3. The zero-order valence-corrected chi connectivity index (χ0v) is 16.6. The van der Waals surface area contributed by atoms with E-state index in [1.54, 1.807) is 24.3 Å². The first-order chi connectivity index (χ1) is 12.4. The zero-order chi connectivity index (χ0) is 18.9. The highest BCUT2D eigenvalue weighted by molar-refractivity contribution is 7.92. The van der Waals surface area contributed by atoms with Crippen LogP contribution in [0.4, 0.5) is 0 Å². The van der Waals surface area contributed by atoms with Crippen LogP contribution in [0.1, 0.15) is 24.0 Å². The van der Waals surface area contributed by atoms with Gasteiger partial charge in [0.05, 0.1) is 16.8 Å². The molecule has 26 heavy (non-hydrogen) atoms. The molecule has 1 fully saturated rings. The SMILES string of the molecule is CCOCC1(CN)C(c2ccc(C)cc2)C1S(=O)(=O)c1ccc(Cl)cc1. The van der Waals surface area contributed by atoms with E-state index in [-0.39, 0.29) is 17.4 Å². The molecule has 2 aromatic rings. The van der Waals surface area contributed by atoms with E-state index in [1.807, 2.05) is 38.1 Å². The van der Waals surface area contributed by atoms with Gasteiger partial charge in [-0.15, -0.1) is 0 Å². The fraction of sp³-hybridized carbons (Fsp3) is 0.400. The number of benzene rings is 2. The number of hydrogen-bond acceptors (Lipinski definition) is 4. The third-order valence-electron chi connectivity index (χ3n) is 5.25. The molecule has 2 N–H and O–H groups in total. The Labute approximate surface area is 160 Å². The van der Waals surface area contributed by atoms with Gasteiger partial charge < -0.3 is 10.5 Å². The van der Waals surface area contributed by atoms with Crippen LogP contribution in [0.2, 0.25) is 5.02 Å². The molecule has 1 aliphatic carbocycles. The van der Waals surface area contributed by atoms with Crippen LogP contribution in [0.25, 0.3) is 0 Å². The van der Waals surface area contributed by atoms with E-state index < -0.39 is 20.5 Å². The Morgan fingerprint density at radius 1 is 1.12 bits per heavy atom. The molecule has 0 aromatic heterocycles. The van der Waals surface area contributed by atoms with Gasteiger partial charge in [-0.25, -0.2) is 8.42 Å². The van der Waals surface area contributed by atoms with Crippen LogP contribution >= 0.6 is 11.6 Å². The fourth-order valence-corrected chi connectivity index (χ4v) is 6.33. The molecule has 6 heteroatoms. The average Bonchev–Trinajstić information content (AvgIpc) is 3.31. The van der Waals surface area contributed by atoms with Crippen LogP contribution in [0.15, 0.2) is 53.4 Å². The van der Waals surface area contributed by atoms with Gasteiger partial charge in [-0.3, -0.25) is 0 Å². The maximum Gasteiger partial charge on any atom is 0.182 e. The maximum absolute atomic E-state index is 13.3. The summed E-state index contributed by atoms with van der Waals surface area (Å²) >= 11 is 5.91. The van der Waals surface area contributed by atoms with Gasteiger partial charge in [0.15, 0.2) is 9.84 Å². The molecule has 140 valence electrons. The number of ether oxygens (including phenoxy) is 1. The van der Waals surface area contributed by atoms with E-state index in [9.17, 15) is 8.42 Å². The second-order valence-corrected chi connectivity index (χ2v) is 9.39. The zero-order valence-electron chi connectivity index (χ0n) is 15.0. The van der Waals surface area contributed by atoms with E-state index in [1.165, 1.54) is 0 Å². The van der Waals surface area contributed by atoms with Gasteiger partial charge in [-0.2, -0.15) is 0 Å². The highest BCUT2D eigenvalue weighted by atomic mass is 35.5. The van der Waals surface area contributed by atoms with Crippen molar-refractivity contribution in [3.63, 3.8) is 0 Å². The second-order valence-electron chi connectivity index (χ2n) is 6.88. The van der Waals surface area contributed by atoms with E-state index >= 15 is 0 Å². The lowest BCUT2D eigenvalue weighted by Gasteiger charge is -2.16. The van der Waals surface area contributed by atoms with Gasteiger partial charge in [-0.05, 0) is 43.7 Å². The lowest BCUT2D eigenvalue weighted by Crippen LogP contribution is -2.29. The Bertz CT molecular complexity index is 865. The minimum atomic E-state index is -3.56. The third-order valence-corrected chi connectivity index (χ3v) is 7.84. The first-order valence-corrected chi connectivity index (χ1v) is 10.6. The van der Waals surface area contributed by atoms with Crippen molar-refractivity contribution in [1.29, 1.82) is 0 Å². The summed E-state index contributed by atoms with van der Waals surface area (Å²) in [4.78, 5) is 0.274. The van der Waals surface area contributed by atoms with Crippen molar-refractivity contribution in [3.05, 3.63) is 64.7 Å². The minimum Gasteiger partial charge on any atom is -0.381 e. The van der Waals surface area contributed by atoms with Crippen molar-refractivity contribution in [3.8, 4) is 0 Å². The molecule has 0 saturated heterocycles. The van der Waals surface area contributed by atoms with E-state index in [0.717, 1.165) is 11.1 Å². The molecular weight excluding hydrogens is 370 g/mol.